The third-order valence-corrected chi connectivity index (χ3v) is 8.85. The molecule has 0 saturated heterocycles. The van der Waals surface area contributed by atoms with E-state index in [4.69, 9.17) is 19.7 Å². The number of amides is 1. The number of fused-ring (bicyclic) bond motifs is 3. The van der Waals surface area contributed by atoms with Crippen LogP contribution in [0, 0.1) is 17.2 Å². The number of hydrogen-bond donors (Lipinski definition) is 1. The maximum absolute atomic E-state index is 13.4. The van der Waals surface area contributed by atoms with Crippen molar-refractivity contribution in [1.29, 1.82) is 5.26 Å². The maximum atomic E-state index is 13.4. The van der Waals surface area contributed by atoms with E-state index < -0.39 is 16.1 Å². The number of nitrogens with zero attached hydrogens (tertiary/aromatic N) is 5. The minimum Gasteiger partial charge on any atom is -0.441 e. The summed E-state index contributed by atoms with van der Waals surface area (Å²) < 4.78 is 40.5. The molecule has 39 heavy (non-hydrogen) atoms. The fourth-order valence-corrected chi connectivity index (χ4v) is 6.59. The molecule has 0 spiro atoms. The first-order valence-corrected chi connectivity index (χ1v) is 14.3. The highest BCUT2D eigenvalue weighted by molar-refractivity contribution is 7.90. The molecule has 1 amide bonds. The number of rotatable bonds is 9. The molecule has 1 aliphatic carbocycles. The SMILES string of the molecule is COCCNC(=O)OCc1nc2cnc3c(ccn3S(=O)(=O)c3ccccc3)c2n1C1CCC(CC#N)CC1. The highest BCUT2D eigenvalue weighted by Gasteiger charge is 2.28. The second-order valence-electron chi connectivity index (χ2n) is 9.59. The average Bonchev–Trinajstić information content (AvgIpc) is 3.55. The van der Waals surface area contributed by atoms with Crippen molar-refractivity contribution in [2.75, 3.05) is 20.3 Å². The van der Waals surface area contributed by atoms with Crippen LogP contribution in [0.1, 0.15) is 44.0 Å². The standard InChI is InChI=1S/C27H30N6O5S/c1-37-16-14-29-27(34)38-18-24-31-23-17-30-26-22(12-15-32(26)39(35,36)21-5-3-2-4-6-21)25(23)33(24)20-9-7-19(8-10-20)11-13-28/h2-6,12,15,17,19-20H,7-11,14,16,18H2,1H3,(H,29,34). The van der Waals surface area contributed by atoms with Crippen LogP contribution in [0.5, 0.6) is 0 Å². The van der Waals surface area contributed by atoms with Gasteiger partial charge in [-0.15, -0.1) is 0 Å². The average molecular weight is 551 g/mol. The zero-order valence-electron chi connectivity index (χ0n) is 21.6. The lowest BCUT2D eigenvalue weighted by atomic mass is 9.84. The van der Waals surface area contributed by atoms with E-state index in [1.807, 2.05) is 0 Å². The van der Waals surface area contributed by atoms with E-state index in [1.54, 1.807) is 49.7 Å². The molecule has 1 N–H and O–H groups in total. The quantitative estimate of drug-likeness (QED) is 0.307. The Labute approximate surface area is 226 Å². The molecule has 3 aromatic heterocycles. The summed E-state index contributed by atoms with van der Waals surface area (Å²) in [5, 5.41) is 12.4. The molecule has 4 aromatic rings. The van der Waals surface area contributed by atoms with Crippen LogP contribution >= 0.6 is 0 Å². The number of carbonyl (C=O) groups is 1. The number of benzene rings is 1. The molecular weight excluding hydrogens is 520 g/mol. The summed E-state index contributed by atoms with van der Waals surface area (Å²) in [7, 11) is -2.31. The summed E-state index contributed by atoms with van der Waals surface area (Å²) in [5.41, 5.74) is 1.65. The van der Waals surface area contributed by atoms with Gasteiger partial charge in [-0.25, -0.2) is 27.2 Å². The van der Waals surface area contributed by atoms with Crippen molar-refractivity contribution in [3.8, 4) is 6.07 Å². The van der Waals surface area contributed by atoms with Crippen LogP contribution in [0.15, 0.2) is 53.7 Å². The summed E-state index contributed by atoms with van der Waals surface area (Å²) >= 11 is 0. The molecule has 1 fully saturated rings. The van der Waals surface area contributed by atoms with Gasteiger partial charge in [0.15, 0.2) is 12.3 Å². The third-order valence-electron chi connectivity index (χ3n) is 7.17. The molecule has 3 heterocycles. The van der Waals surface area contributed by atoms with Crippen LogP contribution in [0.25, 0.3) is 22.1 Å². The molecule has 5 rings (SSSR count). The molecule has 0 aliphatic heterocycles. The van der Waals surface area contributed by atoms with Gasteiger partial charge in [-0.3, -0.25) is 0 Å². The van der Waals surface area contributed by atoms with Gasteiger partial charge in [0, 0.05) is 37.7 Å². The van der Waals surface area contributed by atoms with Gasteiger partial charge < -0.3 is 19.4 Å². The first-order chi connectivity index (χ1) is 18.9. The monoisotopic (exact) mass is 550 g/mol. The van der Waals surface area contributed by atoms with Crippen LogP contribution in [0.2, 0.25) is 0 Å². The zero-order valence-corrected chi connectivity index (χ0v) is 22.4. The Kier molecular flexibility index (Phi) is 7.81. The summed E-state index contributed by atoms with van der Waals surface area (Å²) in [5.74, 6) is 0.912. The molecule has 0 unspecified atom stereocenters. The van der Waals surface area contributed by atoms with Crippen LogP contribution < -0.4 is 5.32 Å². The molecule has 0 radical (unpaired) electrons. The predicted octanol–water partition coefficient (Wildman–Crippen LogP) is 4.14. The summed E-state index contributed by atoms with van der Waals surface area (Å²) in [6.45, 7) is 0.630. The molecule has 1 saturated carbocycles. The summed E-state index contributed by atoms with van der Waals surface area (Å²) in [6, 6.07) is 12.3. The van der Waals surface area contributed by atoms with Crippen molar-refractivity contribution in [1.82, 2.24) is 23.8 Å². The van der Waals surface area contributed by atoms with Gasteiger partial charge in [-0.1, -0.05) is 18.2 Å². The van der Waals surface area contributed by atoms with E-state index in [0.29, 0.717) is 47.9 Å². The van der Waals surface area contributed by atoms with Gasteiger partial charge in [0.05, 0.1) is 29.3 Å². The molecule has 1 aliphatic rings. The van der Waals surface area contributed by atoms with Crippen LogP contribution in [-0.4, -0.2) is 53.3 Å². The first-order valence-electron chi connectivity index (χ1n) is 12.9. The van der Waals surface area contributed by atoms with Crippen molar-refractivity contribution in [3.05, 3.63) is 54.6 Å². The normalized spacial score (nSPS) is 17.7. The van der Waals surface area contributed by atoms with Crippen LogP contribution in [0.4, 0.5) is 4.79 Å². The van der Waals surface area contributed by atoms with Crippen molar-refractivity contribution in [3.63, 3.8) is 0 Å². The minimum absolute atomic E-state index is 0.0553. The number of imidazole rings is 1. The third kappa shape index (κ3) is 5.32. The fourth-order valence-electron chi connectivity index (χ4n) is 5.26. The van der Waals surface area contributed by atoms with Crippen LogP contribution in [0.3, 0.4) is 0 Å². The highest BCUT2D eigenvalue weighted by Crippen LogP contribution is 2.38. The van der Waals surface area contributed by atoms with Crippen LogP contribution in [-0.2, 0) is 26.1 Å². The topological polar surface area (TPSA) is 141 Å². The molecular formula is C27H30N6O5S. The molecule has 12 heteroatoms. The van der Waals surface area contributed by atoms with Crippen molar-refractivity contribution >= 4 is 38.2 Å². The lowest BCUT2D eigenvalue weighted by molar-refractivity contribution is 0.128. The predicted molar refractivity (Wildman–Crippen MR) is 143 cm³/mol. The summed E-state index contributed by atoms with van der Waals surface area (Å²) in [4.78, 5) is 21.6. The number of aromatic nitrogens is 4. The van der Waals surface area contributed by atoms with E-state index in [1.165, 1.54) is 10.2 Å². The smallest absolute Gasteiger partial charge is 0.407 e. The Morgan fingerprint density at radius 1 is 1.18 bits per heavy atom. The molecule has 0 atom stereocenters. The van der Waals surface area contributed by atoms with Crippen molar-refractivity contribution < 1.29 is 22.7 Å². The van der Waals surface area contributed by atoms with Gasteiger partial charge in [0.25, 0.3) is 10.0 Å². The zero-order chi connectivity index (χ0) is 27.4. The van der Waals surface area contributed by atoms with E-state index in [2.05, 4.69) is 20.9 Å². The van der Waals surface area contributed by atoms with E-state index in [0.717, 1.165) is 31.2 Å². The Hall–Kier alpha value is -3.95. The highest BCUT2D eigenvalue weighted by atomic mass is 32.2. The van der Waals surface area contributed by atoms with Gasteiger partial charge in [-0.2, -0.15) is 5.26 Å². The fraction of sp³-hybridized carbons (Fsp3) is 0.407. The van der Waals surface area contributed by atoms with Gasteiger partial charge in [-0.05, 0) is 49.8 Å². The van der Waals surface area contributed by atoms with Crippen molar-refractivity contribution in [2.24, 2.45) is 5.92 Å². The molecule has 204 valence electrons. The first kappa shape index (κ1) is 26.6. The van der Waals surface area contributed by atoms with E-state index >= 15 is 0 Å². The number of methoxy groups -OCH3 is 1. The number of ether oxygens (including phenoxy) is 2. The Morgan fingerprint density at radius 3 is 2.67 bits per heavy atom. The van der Waals surface area contributed by atoms with Gasteiger partial charge in [0.1, 0.15) is 11.3 Å². The lowest BCUT2D eigenvalue weighted by Crippen LogP contribution is -2.28. The Morgan fingerprint density at radius 2 is 1.95 bits per heavy atom. The number of nitrogens with one attached hydrogen (secondary N) is 1. The minimum atomic E-state index is -3.86. The van der Waals surface area contributed by atoms with Crippen molar-refractivity contribution in [2.45, 2.75) is 49.6 Å². The number of carbonyl (C=O) groups excluding carboxylic acids is 1. The summed E-state index contributed by atoms with van der Waals surface area (Å²) in [6.07, 6.45) is 6.49. The Balaban J connectivity index is 1.56. The molecule has 0 bridgehead atoms. The molecule has 11 nitrogen and oxygen atoms in total. The molecule has 1 aromatic carbocycles. The van der Waals surface area contributed by atoms with Gasteiger partial charge >= 0.3 is 6.09 Å². The van der Waals surface area contributed by atoms with E-state index in [9.17, 15) is 13.2 Å². The largest absolute Gasteiger partial charge is 0.441 e. The Bertz CT molecular complexity index is 1620. The lowest BCUT2D eigenvalue weighted by Gasteiger charge is -2.29. The van der Waals surface area contributed by atoms with Gasteiger partial charge in [0.2, 0.25) is 0 Å². The number of nitriles is 1. The maximum Gasteiger partial charge on any atom is 0.407 e. The number of hydrogen-bond acceptors (Lipinski definition) is 8. The number of pyridine rings is 1. The second-order valence-corrected chi connectivity index (χ2v) is 11.4. The van der Waals surface area contributed by atoms with E-state index in [-0.39, 0.29) is 17.5 Å². The number of alkyl carbamates (subject to hydrolysis) is 1. The second kappa shape index (κ2) is 11.4.